The maximum absolute atomic E-state index is 14.8. The summed E-state index contributed by atoms with van der Waals surface area (Å²) >= 11 is 1.59. The number of benzene rings is 2. The van der Waals surface area contributed by atoms with Crippen molar-refractivity contribution in [2.45, 2.75) is 13.8 Å². The molecule has 0 aliphatic carbocycles. The summed E-state index contributed by atoms with van der Waals surface area (Å²) in [5, 5.41) is 3.79. The van der Waals surface area contributed by atoms with Gasteiger partial charge in [-0.05, 0) is 35.9 Å². The smallest absolute Gasteiger partial charge is 0.254 e. The van der Waals surface area contributed by atoms with Gasteiger partial charge in [-0.1, -0.05) is 32.0 Å². The number of halogens is 1. The number of methoxy groups -OCH3 is 1. The lowest BCUT2D eigenvalue weighted by Crippen LogP contribution is -2.48. The van der Waals surface area contributed by atoms with Crippen LogP contribution < -0.4 is 9.64 Å². The SMILES string of the molecule is CC.COc1ccccc1-c1c[nH]c2ncc(-c3cc(F)cc(C(=O)N4CCN(c5nccs5)CC4)c3)cc12. The van der Waals surface area contributed by atoms with Gasteiger partial charge < -0.3 is 19.5 Å². The van der Waals surface area contributed by atoms with Gasteiger partial charge in [0.15, 0.2) is 5.13 Å². The van der Waals surface area contributed by atoms with Crippen LogP contribution in [0.4, 0.5) is 9.52 Å². The van der Waals surface area contributed by atoms with Crippen molar-refractivity contribution in [1.82, 2.24) is 19.9 Å². The number of carbonyl (C=O) groups excluding carboxylic acids is 1. The number of aromatic nitrogens is 3. The number of hydrogen-bond donors (Lipinski definition) is 1. The van der Waals surface area contributed by atoms with Crippen LogP contribution in [0.1, 0.15) is 24.2 Å². The van der Waals surface area contributed by atoms with Crippen LogP contribution in [-0.2, 0) is 0 Å². The molecule has 200 valence electrons. The summed E-state index contributed by atoms with van der Waals surface area (Å²) in [5.74, 6) is 0.119. The zero-order valence-electron chi connectivity index (χ0n) is 22.1. The number of nitrogens with zero attached hydrogens (tertiary/aromatic N) is 4. The van der Waals surface area contributed by atoms with Gasteiger partial charge in [-0.2, -0.15) is 0 Å². The van der Waals surface area contributed by atoms with Crippen molar-refractivity contribution in [3.63, 3.8) is 0 Å². The van der Waals surface area contributed by atoms with E-state index in [9.17, 15) is 9.18 Å². The predicted octanol–water partition coefficient (Wildman–Crippen LogP) is 6.49. The molecule has 1 aliphatic heterocycles. The minimum atomic E-state index is -0.457. The van der Waals surface area contributed by atoms with E-state index in [1.807, 2.05) is 55.8 Å². The van der Waals surface area contributed by atoms with Crippen LogP contribution in [0.15, 0.2) is 72.5 Å². The van der Waals surface area contributed by atoms with Crippen molar-refractivity contribution in [2.75, 3.05) is 38.2 Å². The van der Waals surface area contributed by atoms with E-state index in [1.165, 1.54) is 12.1 Å². The van der Waals surface area contributed by atoms with E-state index < -0.39 is 5.82 Å². The fraction of sp³-hybridized carbons (Fsp3) is 0.233. The Morgan fingerprint density at radius 3 is 2.54 bits per heavy atom. The summed E-state index contributed by atoms with van der Waals surface area (Å²) in [6.07, 6.45) is 5.37. The lowest BCUT2D eigenvalue weighted by atomic mass is 10.00. The van der Waals surface area contributed by atoms with Crippen LogP contribution in [0, 0.1) is 5.82 Å². The minimum absolute atomic E-state index is 0.176. The van der Waals surface area contributed by atoms with Crippen LogP contribution >= 0.6 is 11.3 Å². The molecule has 39 heavy (non-hydrogen) atoms. The molecule has 1 N–H and O–H groups in total. The van der Waals surface area contributed by atoms with E-state index in [-0.39, 0.29) is 5.91 Å². The summed E-state index contributed by atoms with van der Waals surface area (Å²) < 4.78 is 20.3. The van der Waals surface area contributed by atoms with Gasteiger partial charge >= 0.3 is 0 Å². The summed E-state index contributed by atoms with van der Waals surface area (Å²) in [4.78, 5) is 29.4. The van der Waals surface area contributed by atoms with Crippen molar-refractivity contribution >= 4 is 33.4 Å². The molecule has 0 radical (unpaired) electrons. The number of para-hydroxylation sites is 1. The molecule has 6 rings (SSSR count). The van der Waals surface area contributed by atoms with Crippen molar-refractivity contribution in [3.05, 3.63) is 83.9 Å². The number of thiazole rings is 1. The zero-order valence-corrected chi connectivity index (χ0v) is 23.0. The third kappa shape index (κ3) is 5.35. The molecule has 2 aromatic carbocycles. The highest BCUT2D eigenvalue weighted by Gasteiger charge is 2.24. The number of aromatic amines is 1. The molecule has 1 aliphatic rings. The van der Waals surface area contributed by atoms with Crippen molar-refractivity contribution < 1.29 is 13.9 Å². The van der Waals surface area contributed by atoms with Crippen molar-refractivity contribution in [3.8, 4) is 28.0 Å². The van der Waals surface area contributed by atoms with Crippen LogP contribution in [0.5, 0.6) is 5.75 Å². The molecular formula is C30H30FN5O2S. The van der Waals surface area contributed by atoms with E-state index in [4.69, 9.17) is 4.74 Å². The Morgan fingerprint density at radius 2 is 1.79 bits per heavy atom. The predicted molar refractivity (Wildman–Crippen MR) is 155 cm³/mol. The third-order valence-corrected chi connectivity index (χ3v) is 7.50. The maximum Gasteiger partial charge on any atom is 0.254 e. The first kappa shape index (κ1) is 26.4. The lowest BCUT2D eigenvalue weighted by Gasteiger charge is -2.34. The van der Waals surface area contributed by atoms with Gasteiger partial charge in [0.05, 0.1) is 7.11 Å². The molecule has 0 bridgehead atoms. The molecule has 1 fully saturated rings. The second-order valence-electron chi connectivity index (χ2n) is 8.85. The Balaban J connectivity index is 0.00000151. The van der Waals surface area contributed by atoms with Gasteiger partial charge in [-0.3, -0.25) is 4.79 Å². The number of pyridine rings is 1. The number of rotatable bonds is 5. The number of piperazine rings is 1. The van der Waals surface area contributed by atoms with E-state index >= 15 is 0 Å². The molecule has 1 saturated heterocycles. The highest BCUT2D eigenvalue weighted by molar-refractivity contribution is 7.13. The second kappa shape index (κ2) is 11.7. The van der Waals surface area contributed by atoms with Gasteiger partial charge in [-0.15, -0.1) is 11.3 Å². The Morgan fingerprint density at radius 1 is 1.00 bits per heavy atom. The van der Waals surface area contributed by atoms with E-state index in [0.29, 0.717) is 37.3 Å². The van der Waals surface area contributed by atoms with E-state index in [2.05, 4.69) is 19.9 Å². The summed E-state index contributed by atoms with van der Waals surface area (Å²) in [7, 11) is 1.64. The van der Waals surface area contributed by atoms with Crippen LogP contribution in [0.3, 0.4) is 0 Å². The second-order valence-corrected chi connectivity index (χ2v) is 9.72. The number of fused-ring (bicyclic) bond motifs is 1. The first-order valence-electron chi connectivity index (χ1n) is 13.0. The molecular weight excluding hydrogens is 513 g/mol. The topological polar surface area (TPSA) is 74.3 Å². The summed E-state index contributed by atoms with van der Waals surface area (Å²) in [6.45, 7) is 6.51. The molecule has 0 saturated carbocycles. The van der Waals surface area contributed by atoms with Crippen LogP contribution in [0.2, 0.25) is 0 Å². The maximum atomic E-state index is 14.8. The fourth-order valence-corrected chi connectivity index (χ4v) is 5.48. The van der Waals surface area contributed by atoms with Gasteiger partial charge in [0.25, 0.3) is 5.91 Å². The van der Waals surface area contributed by atoms with Crippen LogP contribution in [-0.4, -0.2) is 59.0 Å². The minimum Gasteiger partial charge on any atom is -0.496 e. The Labute approximate surface area is 230 Å². The number of anilines is 1. The normalized spacial score (nSPS) is 13.2. The standard InChI is InChI=1S/C28H24FN5O2S.C2H6/c1-36-25-5-3-2-4-22(25)24-17-32-26-23(24)15-20(16-31-26)18-12-19(14-21(29)13-18)27(35)33-7-9-34(10-8-33)28-30-6-11-37-28;1-2/h2-6,11-17H,7-10H2,1H3,(H,31,32);1-2H3. The molecule has 3 aromatic heterocycles. The Bertz CT molecular complexity index is 1580. The molecule has 0 unspecified atom stereocenters. The van der Waals surface area contributed by atoms with Gasteiger partial charge in [0, 0.05) is 77.8 Å². The molecule has 1 amide bonds. The lowest BCUT2D eigenvalue weighted by molar-refractivity contribution is 0.0746. The Hall–Kier alpha value is -4.24. The number of hydrogen-bond acceptors (Lipinski definition) is 6. The number of ether oxygens (including phenoxy) is 1. The number of amides is 1. The largest absolute Gasteiger partial charge is 0.496 e. The number of carbonyl (C=O) groups is 1. The Kier molecular flexibility index (Phi) is 7.88. The first-order chi connectivity index (χ1) is 19.1. The highest BCUT2D eigenvalue weighted by atomic mass is 32.1. The summed E-state index contributed by atoms with van der Waals surface area (Å²) in [6, 6.07) is 14.2. The van der Waals surface area contributed by atoms with E-state index in [1.54, 1.807) is 41.8 Å². The summed E-state index contributed by atoms with van der Waals surface area (Å²) in [5.41, 5.74) is 4.25. The fourth-order valence-electron chi connectivity index (χ4n) is 4.79. The average molecular weight is 544 g/mol. The van der Waals surface area contributed by atoms with Crippen LogP contribution in [0.25, 0.3) is 33.3 Å². The average Bonchev–Trinajstić information content (AvgIpc) is 3.68. The molecule has 7 nitrogen and oxygen atoms in total. The quantitative estimate of drug-likeness (QED) is 0.274. The zero-order chi connectivity index (χ0) is 27.4. The molecule has 4 heterocycles. The van der Waals surface area contributed by atoms with Gasteiger partial charge in [0.1, 0.15) is 17.2 Å². The molecule has 5 aromatic rings. The van der Waals surface area contributed by atoms with E-state index in [0.717, 1.165) is 38.6 Å². The molecule has 0 spiro atoms. The first-order valence-corrected chi connectivity index (χ1v) is 13.8. The number of H-pyrrole nitrogens is 1. The van der Waals surface area contributed by atoms with Crippen molar-refractivity contribution in [1.29, 1.82) is 0 Å². The molecule has 0 atom stereocenters. The highest BCUT2D eigenvalue weighted by Crippen LogP contribution is 2.36. The van der Waals surface area contributed by atoms with Crippen molar-refractivity contribution in [2.24, 2.45) is 0 Å². The number of nitrogens with one attached hydrogen (secondary N) is 1. The van der Waals surface area contributed by atoms with Gasteiger partial charge in [0.2, 0.25) is 0 Å². The monoisotopic (exact) mass is 543 g/mol. The molecule has 9 heteroatoms. The third-order valence-electron chi connectivity index (χ3n) is 6.66. The van der Waals surface area contributed by atoms with Gasteiger partial charge in [-0.25, -0.2) is 14.4 Å².